The molecule has 3 aromatic rings. The van der Waals surface area contributed by atoms with Crippen LogP contribution in [0.15, 0.2) is 60.8 Å². The second kappa shape index (κ2) is 19.6. The molecule has 13 heteroatoms. The second-order valence-electron chi connectivity index (χ2n) is 13.7. The number of amides is 5. The van der Waals surface area contributed by atoms with Gasteiger partial charge in [0.2, 0.25) is 29.5 Å². The third-order valence-electron chi connectivity index (χ3n) is 9.66. The lowest BCUT2D eigenvalue weighted by atomic mass is 9.85. The number of carbonyl (C=O) groups excluding carboxylic acids is 5. The number of aromatic amines is 1. The fourth-order valence-corrected chi connectivity index (χ4v) is 6.68. The van der Waals surface area contributed by atoms with Crippen LogP contribution in [0.2, 0.25) is 0 Å². The minimum Gasteiger partial charge on any atom is -0.368 e. The number of unbranched alkanes of at least 4 members (excludes halogenated alkanes) is 1. The van der Waals surface area contributed by atoms with E-state index in [0.29, 0.717) is 38.1 Å². The van der Waals surface area contributed by atoms with E-state index in [1.807, 2.05) is 54.6 Å². The Labute approximate surface area is 299 Å². The van der Waals surface area contributed by atoms with E-state index in [9.17, 15) is 24.0 Å². The van der Waals surface area contributed by atoms with Crippen molar-refractivity contribution in [1.29, 1.82) is 0 Å². The van der Waals surface area contributed by atoms with E-state index >= 15 is 0 Å². The van der Waals surface area contributed by atoms with Crippen LogP contribution in [-0.4, -0.2) is 71.3 Å². The summed E-state index contributed by atoms with van der Waals surface area (Å²) in [4.78, 5) is 69.8. The summed E-state index contributed by atoms with van der Waals surface area (Å²) in [7, 11) is 0. The molecule has 5 atom stereocenters. The highest BCUT2D eigenvalue weighted by molar-refractivity contribution is 5.96. The molecule has 0 radical (unpaired) electrons. The van der Waals surface area contributed by atoms with E-state index in [-0.39, 0.29) is 12.8 Å². The van der Waals surface area contributed by atoms with Gasteiger partial charge in [0.25, 0.3) is 0 Å². The smallest absolute Gasteiger partial charge is 0.243 e. The van der Waals surface area contributed by atoms with Crippen LogP contribution >= 0.6 is 0 Å². The predicted octanol–water partition coefficient (Wildman–Crippen LogP) is 1.82. The Morgan fingerprint density at radius 2 is 1.39 bits per heavy atom. The molecular formula is C38H54N8O5. The van der Waals surface area contributed by atoms with Crippen LogP contribution < -0.4 is 38.5 Å². The maximum absolute atomic E-state index is 14.1. The average molecular weight is 703 g/mol. The number of fused-ring (bicyclic) bond motifs is 1. The molecule has 2 aromatic carbocycles. The second-order valence-corrected chi connectivity index (χ2v) is 13.7. The molecule has 0 bridgehead atoms. The Morgan fingerprint density at radius 3 is 2.08 bits per heavy atom. The minimum atomic E-state index is -1.13. The van der Waals surface area contributed by atoms with Crippen LogP contribution in [0.4, 0.5) is 0 Å². The molecule has 1 heterocycles. The summed E-state index contributed by atoms with van der Waals surface area (Å²) in [6, 6.07) is 11.8. The molecule has 0 aliphatic heterocycles. The Morgan fingerprint density at radius 1 is 0.765 bits per heavy atom. The summed E-state index contributed by atoms with van der Waals surface area (Å²) in [6.07, 6.45) is 9.62. The molecule has 5 amide bonds. The first kappa shape index (κ1) is 39.0. The van der Waals surface area contributed by atoms with Crippen molar-refractivity contribution in [2.75, 3.05) is 6.54 Å². The number of nitrogens with one attached hydrogen (secondary N) is 5. The fourth-order valence-electron chi connectivity index (χ4n) is 6.68. The van der Waals surface area contributed by atoms with Crippen molar-refractivity contribution in [2.24, 2.45) is 23.1 Å². The molecule has 0 unspecified atom stereocenters. The molecule has 1 aromatic heterocycles. The zero-order valence-corrected chi connectivity index (χ0v) is 29.5. The van der Waals surface area contributed by atoms with Crippen molar-refractivity contribution in [3.05, 3.63) is 71.9 Å². The van der Waals surface area contributed by atoms with Crippen molar-refractivity contribution < 1.29 is 24.0 Å². The summed E-state index contributed by atoms with van der Waals surface area (Å²) in [5.74, 6) is -2.50. The van der Waals surface area contributed by atoms with Crippen molar-refractivity contribution in [3.63, 3.8) is 0 Å². The first-order chi connectivity index (χ1) is 24.5. The SMILES string of the molecule is C[C@H](NC(=O)[C@H](N)CC1CCCCC1)C(=O)N[C@@H](Cc1ccccc1)C(=O)N[C@H](Cc1c[nH]c2ccccc12)C(=O)N[C@@H](CCCCN)C(N)=O. The Balaban J connectivity index is 1.51. The minimum absolute atomic E-state index is 0.0905. The van der Waals surface area contributed by atoms with E-state index in [0.717, 1.165) is 47.7 Å². The first-order valence-corrected chi connectivity index (χ1v) is 18.1. The van der Waals surface area contributed by atoms with E-state index in [2.05, 4.69) is 26.3 Å². The lowest BCUT2D eigenvalue weighted by molar-refractivity contribution is -0.134. The molecule has 4 rings (SSSR count). The van der Waals surface area contributed by atoms with Gasteiger partial charge in [-0.25, -0.2) is 0 Å². The molecule has 0 saturated heterocycles. The van der Waals surface area contributed by atoms with Gasteiger partial charge in [-0.1, -0.05) is 80.6 Å². The lowest BCUT2D eigenvalue weighted by Gasteiger charge is -2.27. The predicted molar refractivity (Wildman–Crippen MR) is 197 cm³/mol. The maximum Gasteiger partial charge on any atom is 0.243 e. The number of carbonyl (C=O) groups is 5. The highest BCUT2D eigenvalue weighted by Gasteiger charge is 2.31. The van der Waals surface area contributed by atoms with Crippen molar-refractivity contribution >= 4 is 40.4 Å². The van der Waals surface area contributed by atoms with Gasteiger partial charge < -0.3 is 43.5 Å². The van der Waals surface area contributed by atoms with Crippen LogP contribution in [0.25, 0.3) is 10.9 Å². The van der Waals surface area contributed by atoms with E-state index in [1.54, 1.807) is 13.1 Å². The fraction of sp³-hybridized carbons (Fsp3) is 0.500. The normalized spacial score (nSPS) is 16.3. The zero-order chi connectivity index (χ0) is 36.8. The number of nitrogens with two attached hydrogens (primary N) is 3. The van der Waals surface area contributed by atoms with Gasteiger partial charge in [0.1, 0.15) is 24.2 Å². The monoisotopic (exact) mass is 702 g/mol. The summed E-state index contributed by atoms with van der Waals surface area (Å²) in [5.41, 5.74) is 19.9. The summed E-state index contributed by atoms with van der Waals surface area (Å²) < 4.78 is 0. The van der Waals surface area contributed by atoms with Gasteiger partial charge >= 0.3 is 0 Å². The van der Waals surface area contributed by atoms with E-state index in [1.165, 1.54) is 6.42 Å². The number of H-pyrrole nitrogens is 1. The van der Waals surface area contributed by atoms with Crippen LogP contribution in [0.5, 0.6) is 0 Å². The standard InChI is InChI=1S/C38H54N8O5/c1-24(43-36(49)29(40)20-25-12-4-2-5-13-25)35(48)45-32(21-26-14-6-3-7-15-26)37(50)46-33(22-27-23-42-30-17-9-8-16-28(27)30)38(51)44-31(34(41)47)18-10-11-19-39/h3,6-9,14-17,23-25,29,31-33,42H,2,4-5,10-13,18-22,39-40H2,1H3,(H2,41,47)(H,43,49)(H,44,51)(H,45,48)(H,46,50)/t24-,29+,31-,32-,33+/m0/s1. The highest BCUT2D eigenvalue weighted by Crippen LogP contribution is 2.27. The molecule has 13 nitrogen and oxygen atoms in total. The summed E-state index contributed by atoms with van der Waals surface area (Å²) in [6.45, 7) is 1.97. The molecule has 276 valence electrons. The molecule has 0 spiro atoms. The number of para-hydroxylation sites is 1. The molecule has 1 aliphatic rings. The first-order valence-electron chi connectivity index (χ1n) is 18.1. The van der Waals surface area contributed by atoms with E-state index < -0.39 is 59.7 Å². The summed E-state index contributed by atoms with van der Waals surface area (Å²) in [5, 5.41) is 11.9. The number of aromatic nitrogens is 1. The van der Waals surface area contributed by atoms with Crippen LogP contribution in [0.1, 0.15) is 75.8 Å². The topological polar surface area (TPSA) is 227 Å². The van der Waals surface area contributed by atoms with Gasteiger partial charge in [-0.3, -0.25) is 24.0 Å². The van der Waals surface area contributed by atoms with Gasteiger partial charge in [0, 0.05) is 29.9 Å². The molecule has 11 N–H and O–H groups in total. The molecule has 1 saturated carbocycles. The van der Waals surface area contributed by atoms with Crippen LogP contribution in [0, 0.1) is 5.92 Å². The number of hydrogen-bond donors (Lipinski definition) is 8. The quantitative estimate of drug-likeness (QED) is 0.0864. The third kappa shape index (κ3) is 11.9. The lowest BCUT2D eigenvalue weighted by Crippen LogP contribution is -2.59. The molecule has 51 heavy (non-hydrogen) atoms. The van der Waals surface area contributed by atoms with Gasteiger partial charge in [0.15, 0.2) is 0 Å². The van der Waals surface area contributed by atoms with Crippen molar-refractivity contribution in [3.8, 4) is 0 Å². The van der Waals surface area contributed by atoms with Crippen molar-refractivity contribution in [2.45, 2.75) is 108 Å². The highest BCUT2D eigenvalue weighted by atomic mass is 16.2. The van der Waals surface area contributed by atoms with Crippen LogP contribution in [0.3, 0.4) is 0 Å². The van der Waals surface area contributed by atoms with Crippen LogP contribution in [-0.2, 0) is 36.8 Å². The molecule has 1 aliphatic carbocycles. The largest absolute Gasteiger partial charge is 0.368 e. The Kier molecular flexibility index (Phi) is 15.0. The summed E-state index contributed by atoms with van der Waals surface area (Å²) >= 11 is 0. The van der Waals surface area contributed by atoms with Gasteiger partial charge in [-0.05, 0) is 62.3 Å². The third-order valence-corrected chi connectivity index (χ3v) is 9.66. The van der Waals surface area contributed by atoms with Gasteiger partial charge in [-0.2, -0.15) is 0 Å². The Hall–Kier alpha value is -4.75. The average Bonchev–Trinajstić information content (AvgIpc) is 3.53. The maximum atomic E-state index is 14.1. The van der Waals surface area contributed by atoms with Crippen molar-refractivity contribution in [1.82, 2.24) is 26.3 Å². The van der Waals surface area contributed by atoms with Gasteiger partial charge in [0.05, 0.1) is 6.04 Å². The van der Waals surface area contributed by atoms with E-state index in [4.69, 9.17) is 17.2 Å². The molecular weight excluding hydrogens is 648 g/mol. The number of rotatable bonds is 19. The number of benzene rings is 2. The Bertz CT molecular complexity index is 1610. The molecule has 1 fully saturated rings. The number of primary amides is 1. The van der Waals surface area contributed by atoms with Gasteiger partial charge in [-0.15, -0.1) is 0 Å². The zero-order valence-electron chi connectivity index (χ0n) is 29.5. The number of hydrogen-bond acceptors (Lipinski definition) is 7.